The van der Waals surface area contributed by atoms with Crippen LogP contribution in [0, 0.1) is 25.2 Å². The number of benzene rings is 4. The third-order valence-corrected chi connectivity index (χ3v) is 12.1. The van der Waals surface area contributed by atoms with Crippen LogP contribution in [-0.2, 0) is 49.1 Å². The van der Waals surface area contributed by atoms with E-state index in [0.717, 1.165) is 44.5 Å². The number of nitrogens with zero attached hydrogens (tertiary/aromatic N) is 4. The molecule has 6 rings (SSSR count). The molecule has 18 heteroatoms. The van der Waals surface area contributed by atoms with E-state index in [1.807, 2.05) is 56.3 Å². The van der Waals surface area contributed by atoms with Gasteiger partial charge in [-0.25, -0.2) is 0 Å². The molecule has 0 aliphatic carbocycles. The molecule has 0 radical (unpaired) electrons. The predicted octanol–water partition coefficient (Wildman–Crippen LogP) is 8.15. The van der Waals surface area contributed by atoms with E-state index < -0.39 is 24.0 Å². The van der Waals surface area contributed by atoms with Crippen LogP contribution in [0.2, 0.25) is 10.0 Å². The SMILES string of the molecule is C/N=C/c1cncc(COc2cc(OCc3cccc(-c4cccc(COc5cc(OCc6cncc(C#N)c6)c(CNC(CCO)C(=O)O)cc5Cl)c4C)c3C)c(Cl)cc2CNC(CCO)C(=O)O)c1. The average Bonchev–Trinajstić information content (AvgIpc) is 3.36. The lowest BCUT2D eigenvalue weighted by Crippen LogP contribution is -2.37. The van der Waals surface area contributed by atoms with Crippen LogP contribution in [0.4, 0.5) is 0 Å². The van der Waals surface area contributed by atoms with Crippen molar-refractivity contribution in [2.75, 3.05) is 20.3 Å². The zero-order valence-electron chi connectivity index (χ0n) is 39.3. The summed E-state index contributed by atoms with van der Waals surface area (Å²) >= 11 is 13.6. The van der Waals surface area contributed by atoms with Crippen molar-refractivity contribution in [3.05, 3.63) is 163 Å². The Morgan fingerprint density at radius 2 is 1.13 bits per heavy atom. The number of aliphatic carboxylic acids is 2. The third-order valence-electron chi connectivity index (χ3n) is 11.5. The van der Waals surface area contributed by atoms with Crippen LogP contribution in [0.3, 0.4) is 0 Å². The van der Waals surface area contributed by atoms with Crippen LogP contribution < -0.4 is 29.6 Å². The first-order valence-electron chi connectivity index (χ1n) is 22.5. The van der Waals surface area contributed by atoms with E-state index in [4.69, 9.17) is 42.1 Å². The van der Waals surface area contributed by atoms with Gasteiger partial charge in [-0.3, -0.25) is 24.5 Å². The molecule has 16 nitrogen and oxygen atoms in total. The molecule has 2 heterocycles. The Labute approximate surface area is 421 Å². The summed E-state index contributed by atoms with van der Waals surface area (Å²) in [5.74, 6) is -0.730. The summed E-state index contributed by atoms with van der Waals surface area (Å²) in [6.07, 6.45) is 8.11. The summed E-state index contributed by atoms with van der Waals surface area (Å²) in [6, 6.07) is 22.2. The summed E-state index contributed by atoms with van der Waals surface area (Å²) in [6.45, 7) is 4.07. The van der Waals surface area contributed by atoms with Crippen LogP contribution in [0.15, 0.2) is 103 Å². The fourth-order valence-corrected chi connectivity index (χ4v) is 8.08. The molecule has 0 saturated carbocycles. The molecule has 2 atom stereocenters. The number of nitrogens with one attached hydrogen (secondary N) is 2. The normalized spacial score (nSPS) is 12.0. The van der Waals surface area contributed by atoms with Gasteiger partial charge in [0.15, 0.2) is 0 Å². The van der Waals surface area contributed by atoms with Gasteiger partial charge in [0.2, 0.25) is 0 Å². The van der Waals surface area contributed by atoms with Crippen molar-refractivity contribution in [3.8, 4) is 40.2 Å². The molecule has 0 aliphatic rings. The highest BCUT2D eigenvalue weighted by Crippen LogP contribution is 2.37. The molecule has 4 aromatic carbocycles. The maximum atomic E-state index is 11.8. The number of hydrogen-bond donors (Lipinski definition) is 6. The standard InChI is InChI=1S/C53H54Cl2N6O10/c1-32-38(30-70-50-18-48(68-28-36-14-34(20-56)22-58-24-36)40(16-44(50)54)26-60-46(10-12-62)52(64)65)6-4-8-42(32)43-9-5-7-39(33(43)2)31-71-51-19-49(69-29-37-15-35(21-57-3)23-59-25-37)41(17-45(51)55)27-61-47(11-13-63)53(66)67/h4-9,14-19,21-25,46-47,60-63H,10-13,26-31H2,1-3H3,(H,64,65)(H,66,67)/b57-21+. The van der Waals surface area contributed by atoms with Crippen molar-refractivity contribution >= 4 is 41.4 Å². The van der Waals surface area contributed by atoms with Gasteiger partial charge in [0.1, 0.15) is 67.6 Å². The van der Waals surface area contributed by atoms with Crippen LogP contribution in [0.25, 0.3) is 11.1 Å². The maximum absolute atomic E-state index is 11.8. The summed E-state index contributed by atoms with van der Waals surface area (Å²) < 4.78 is 25.2. The summed E-state index contributed by atoms with van der Waals surface area (Å²) in [7, 11) is 1.67. The molecule has 71 heavy (non-hydrogen) atoms. The number of pyridine rings is 2. The Morgan fingerprint density at radius 3 is 1.58 bits per heavy atom. The topological polar surface area (TPSA) is 238 Å². The molecule has 0 bridgehead atoms. The van der Waals surface area contributed by atoms with Gasteiger partial charge < -0.3 is 50.0 Å². The number of ether oxygens (including phenoxy) is 4. The number of aliphatic hydroxyl groups excluding tert-OH is 2. The van der Waals surface area contributed by atoms with Crippen LogP contribution in [-0.4, -0.2) is 80.9 Å². The van der Waals surface area contributed by atoms with Crippen molar-refractivity contribution in [1.29, 1.82) is 5.26 Å². The molecule has 6 aromatic rings. The van der Waals surface area contributed by atoms with E-state index in [2.05, 4.69) is 31.7 Å². The Bertz CT molecular complexity index is 2890. The number of aliphatic hydroxyl groups is 2. The van der Waals surface area contributed by atoms with Gasteiger partial charge in [-0.2, -0.15) is 5.26 Å². The number of carboxylic acids is 2. The van der Waals surface area contributed by atoms with E-state index in [1.165, 1.54) is 6.20 Å². The van der Waals surface area contributed by atoms with Gasteiger partial charge in [0, 0.05) is 104 Å². The van der Waals surface area contributed by atoms with Gasteiger partial charge in [-0.15, -0.1) is 0 Å². The Morgan fingerprint density at radius 1 is 0.662 bits per heavy atom. The van der Waals surface area contributed by atoms with Crippen molar-refractivity contribution in [2.24, 2.45) is 4.99 Å². The molecule has 0 aliphatic heterocycles. The van der Waals surface area contributed by atoms with Gasteiger partial charge in [-0.05, 0) is 84.3 Å². The first-order valence-corrected chi connectivity index (χ1v) is 23.2. The van der Waals surface area contributed by atoms with Gasteiger partial charge in [0.05, 0.1) is 15.6 Å². The van der Waals surface area contributed by atoms with Gasteiger partial charge in [-0.1, -0.05) is 59.6 Å². The first-order chi connectivity index (χ1) is 34.3. The van der Waals surface area contributed by atoms with Crippen LogP contribution >= 0.6 is 23.2 Å². The Balaban J connectivity index is 1.21. The maximum Gasteiger partial charge on any atom is 0.320 e. The van der Waals surface area contributed by atoms with Crippen molar-refractivity contribution in [1.82, 2.24) is 20.6 Å². The molecule has 2 aromatic heterocycles. The fraction of sp³-hybridized carbons (Fsp3) is 0.283. The van der Waals surface area contributed by atoms with Crippen molar-refractivity contribution in [3.63, 3.8) is 0 Å². The monoisotopic (exact) mass is 1000 g/mol. The Hall–Kier alpha value is -7.10. The highest BCUT2D eigenvalue weighted by molar-refractivity contribution is 6.32. The zero-order chi connectivity index (χ0) is 50.9. The summed E-state index contributed by atoms with van der Waals surface area (Å²) in [4.78, 5) is 36.1. The minimum absolute atomic E-state index is 0.00128. The van der Waals surface area contributed by atoms with E-state index >= 15 is 0 Å². The molecular formula is C53H54Cl2N6O10. The number of nitriles is 1. The lowest BCUT2D eigenvalue weighted by atomic mass is 9.92. The molecule has 0 amide bonds. The number of hydrogen-bond acceptors (Lipinski definition) is 14. The van der Waals surface area contributed by atoms with Crippen LogP contribution in [0.1, 0.15) is 68.5 Å². The summed E-state index contributed by atoms with van der Waals surface area (Å²) in [5.41, 5.74) is 9.43. The molecule has 0 spiro atoms. The molecule has 0 saturated heterocycles. The number of aromatic nitrogens is 2. The van der Waals surface area contributed by atoms with Gasteiger partial charge in [0.25, 0.3) is 0 Å². The Kier molecular flexibility index (Phi) is 19.7. The predicted molar refractivity (Wildman–Crippen MR) is 268 cm³/mol. The number of carbonyl (C=O) groups is 2. The van der Waals surface area contributed by atoms with Crippen molar-refractivity contribution in [2.45, 2.75) is 78.3 Å². The number of rotatable bonds is 26. The van der Waals surface area contributed by atoms with E-state index in [9.17, 15) is 35.3 Å². The second-order valence-corrected chi connectivity index (χ2v) is 17.2. The highest BCUT2D eigenvalue weighted by atomic mass is 35.5. The smallest absolute Gasteiger partial charge is 0.320 e. The lowest BCUT2D eigenvalue weighted by Gasteiger charge is -2.20. The van der Waals surface area contributed by atoms with E-state index in [0.29, 0.717) is 50.3 Å². The molecule has 6 N–H and O–H groups in total. The molecule has 370 valence electrons. The van der Waals surface area contributed by atoms with E-state index in [1.54, 1.807) is 62.2 Å². The zero-order valence-corrected chi connectivity index (χ0v) is 40.8. The third kappa shape index (κ3) is 14.7. The highest BCUT2D eigenvalue weighted by Gasteiger charge is 2.21. The molecule has 0 fully saturated rings. The minimum Gasteiger partial charge on any atom is -0.488 e. The second-order valence-electron chi connectivity index (χ2n) is 16.4. The quantitative estimate of drug-likeness (QED) is 0.0281. The van der Waals surface area contributed by atoms with Crippen molar-refractivity contribution < 1.29 is 49.0 Å². The minimum atomic E-state index is -1.11. The van der Waals surface area contributed by atoms with Crippen LogP contribution in [0.5, 0.6) is 23.0 Å². The molecule has 2 unspecified atom stereocenters. The lowest BCUT2D eigenvalue weighted by molar-refractivity contribution is -0.140. The average molecular weight is 1010 g/mol. The first kappa shape index (κ1) is 53.3. The second kappa shape index (κ2) is 26.2. The largest absolute Gasteiger partial charge is 0.488 e. The molecular weight excluding hydrogens is 952 g/mol. The van der Waals surface area contributed by atoms with Gasteiger partial charge >= 0.3 is 11.9 Å². The number of carboxylic acid groups (broad SMARTS) is 2. The summed E-state index contributed by atoms with van der Waals surface area (Å²) in [5, 5.41) is 54.0. The number of aliphatic imine (C=N–C) groups is 1. The van der Waals surface area contributed by atoms with E-state index in [-0.39, 0.29) is 70.6 Å². The number of halogens is 2. The fourth-order valence-electron chi connectivity index (χ4n) is 7.60.